The Morgan fingerprint density at radius 3 is 2.76 bits per heavy atom. The molecule has 0 amide bonds. The van der Waals surface area contributed by atoms with Gasteiger partial charge in [0.15, 0.2) is 0 Å². The maximum atomic E-state index is 13.4. The number of anilines is 1. The number of nitrogens with one attached hydrogen (secondary N) is 1. The van der Waals surface area contributed by atoms with Gasteiger partial charge in [0.2, 0.25) is 0 Å². The van der Waals surface area contributed by atoms with Crippen LogP contribution in [0.15, 0.2) is 18.2 Å². The number of aryl methyl sites for hydroxylation is 1. The third kappa shape index (κ3) is 2.34. The van der Waals surface area contributed by atoms with Crippen LogP contribution in [0.5, 0.6) is 0 Å². The van der Waals surface area contributed by atoms with Crippen LogP contribution in [0.2, 0.25) is 5.02 Å². The topological polar surface area (TPSA) is 24.9 Å². The van der Waals surface area contributed by atoms with Gasteiger partial charge in [-0.2, -0.15) is 0 Å². The number of nitrogens with zero attached hydrogens (tertiary/aromatic N) is 1. The smallest absolute Gasteiger partial charge is 0.143 e. The highest BCUT2D eigenvalue weighted by Gasteiger charge is 2.08. The summed E-state index contributed by atoms with van der Waals surface area (Å²) >= 11 is 5.79. The zero-order valence-electron chi connectivity index (χ0n) is 9.85. The molecule has 4 heteroatoms. The van der Waals surface area contributed by atoms with Crippen molar-refractivity contribution in [3.63, 3.8) is 0 Å². The van der Waals surface area contributed by atoms with E-state index in [1.165, 1.54) is 6.07 Å². The summed E-state index contributed by atoms with van der Waals surface area (Å²) in [6, 6.07) is 4.98. The zero-order valence-corrected chi connectivity index (χ0v) is 10.6. The first-order valence-corrected chi connectivity index (χ1v) is 6.00. The lowest BCUT2D eigenvalue weighted by atomic mass is 10.1. The molecule has 0 fully saturated rings. The molecule has 0 atom stereocenters. The third-order valence-electron chi connectivity index (χ3n) is 2.68. The van der Waals surface area contributed by atoms with Crippen molar-refractivity contribution in [3.05, 3.63) is 34.7 Å². The highest BCUT2D eigenvalue weighted by Crippen LogP contribution is 2.28. The van der Waals surface area contributed by atoms with Crippen LogP contribution >= 0.6 is 11.6 Å². The summed E-state index contributed by atoms with van der Waals surface area (Å²) < 4.78 is 13.4. The summed E-state index contributed by atoms with van der Waals surface area (Å²) in [4.78, 5) is 4.44. The van der Waals surface area contributed by atoms with Gasteiger partial charge in [0, 0.05) is 29.9 Å². The van der Waals surface area contributed by atoms with E-state index in [0.29, 0.717) is 5.52 Å². The number of hydrogen-bond acceptors (Lipinski definition) is 2. The van der Waals surface area contributed by atoms with Crippen molar-refractivity contribution >= 4 is 28.2 Å². The second-order valence-corrected chi connectivity index (χ2v) is 4.35. The number of rotatable bonds is 3. The number of pyridine rings is 1. The molecule has 1 N–H and O–H groups in total. The van der Waals surface area contributed by atoms with E-state index in [9.17, 15) is 4.39 Å². The van der Waals surface area contributed by atoms with Gasteiger partial charge in [0.05, 0.1) is 10.5 Å². The molecule has 0 saturated carbocycles. The van der Waals surface area contributed by atoms with Crippen molar-refractivity contribution in [3.8, 4) is 0 Å². The van der Waals surface area contributed by atoms with Gasteiger partial charge in [-0.3, -0.25) is 4.98 Å². The van der Waals surface area contributed by atoms with Gasteiger partial charge >= 0.3 is 0 Å². The van der Waals surface area contributed by atoms with E-state index in [2.05, 4.69) is 17.2 Å². The first-order chi connectivity index (χ1) is 8.15. The SMILES string of the molecule is CCCc1cc(NC)c2cc(Cl)c(F)cc2n1. The molecular formula is C13H14ClFN2. The van der Waals surface area contributed by atoms with Crippen molar-refractivity contribution in [1.29, 1.82) is 0 Å². The summed E-state index contributed by atoms with van der Waals surface area (Å²) in [6.45, 7) is 2.09. The molecule has 0 aliphatic rings. The van der Waals surface area contributed by atoms with Gasteiger partial charge in [0.1, 0.15) is 5.82 Å². The second kappa shape index (κ2) is 4.88. The Labute approximate surface area is 105 Å². The summed E-state index contributed by atoms with van der Waals surface area (Å²) in [7, 11) is 1.84. The summed E-state index contributed by atoms with van der Waals surface area (Å²) in [5.41, 5.74) is 2.54. The van der Waals surface area contributed by atoms with Crippen molar-refractivity contribution < 1.29 is 4.39 Å². The predicted molar refractivity (Wildman–Crippen MR) is 70.3 cm³/mol. The lowest BCUT2D eigenvalue weighted by molar-refractivity contribution is 0.629. The van der Waals surface area contributed by atoms with Crippen LogP contribution in [0, 0.1) is 5.82 Å². The average molecular weight is 253 g/mol. The van der Waals surface area contributed by atoms with E-state index in [0.717, 1.165) is 29.6 Å². The van der Waals surface area contributed by atoms with Crippen molar-refractivity contribution in [2.24, 2.45) is 0 Å². The minimum atomic E-state index is -0.428. The van der Waals surface area contributed by atoms with Gasteiger partial charge in [-0.15, -0.1) is 0 Å². The summed E-state index contributed by atoms with van der Waals surface area (Å²) in [5.74, 6) is -0.428. The van der Waals surface area contributed by atoms with Gasteiger partial charge in [-0.25, -0.2) is 4.39 Å². The number of aromatic nitrogens is 1. The average Bonchev–Trinajstić information content (AvgIpc) is 2.31. The quantitative estimate of drug-likeness (QED) is 0.892. The molecule has 0 spiro atoms. The molecule has 90 valence electrons. The van der Waals surface area contributed by atoms with E-state index >= 15 is 0 Å². The Hall–Kier alpha value is -1.35. The van der Waals surface area contributed by atoms with Crippen LogP contribution < -0.4 is 5.32 Å². The lowest BCUT2D eigenvalue weighted by Gasteiger charge is -2.09. The normalized spacial score (nSPS) is 10.8. The van der Waals surface area contributed by atoms with E-state index in [4.69, 9.17) is 11.6 Å². The maximum Gasteiger partial charge on any atom is 0.143 e. The summed E-state index contributed by atoms with van der Waals surface area (Å²) in [6.07, 6.45) is 1.90. The van der Waals surface area contributed by atoms with Crippen molar-refractivity contribution in [1.82, 2.24) is 4.98 Å². The maximum absolute atomic E-state index is 13.4. The minimum absolute atomic E-state index is 0.124. The van der Waals surface area contributed by atoms with E-state index in [-0.39, 0.29) is 5.02 Å². The molecule has 0 radical (unpaired) electrons. The van der Waals surface area contributed by atoms with E-state index in [1.54, 1.807) is 6.07 Å². The minimum Gasteiger partial charge on any atom is -0.388 e. The van der Waals surface area contributed by atoms with Crippen LogP contribution in [0.25, 0.3) is 10.9 Å². The fraction of sp³-hybridized carbons (Fsp3) is 0.308. The highest BCUT2D eigenvalue weighted by atomic mass is 35.5. The monoisotopic (exact) mass is 252 g/mol. The fourth-order valence-corrected chi connectivity index (χ4v) is 2.03. The Bertz CT molecular complexity index is 555. The number of halogens is 2. The zero-order chi connectivity index (χ0) is 12.4. The van der Waals surface area contributed by atoms with E-state index < -0.39 is 5.82 Å². The van der Waals surface area contributed by atoms with Gasteiger partial charge in [-0.1, -0.05) is 24.9 Å². The van der Waals surface area contributed by atoms with Gasteiger partial charge in [-0.05, 0) is 18.6 Å². The Kier molecular flexibility index (Phi) is 3.48. The second-order valence-electron chi connectivity index (χ2n) is 3.94. The molecule has 1 aromatic heterocycles. The number of fused-ring (bicyclic) bond motifs is 1. The molecule has 2 rings (SSSR count). The molecule has 0 bridgehead atoms. The first-order valence-electron chi connectivity index (χ1n) is 5.62. The van der Waals surface area contributed by atoms with E-state index in [1.807, 2.05) is 13.1 Å². The van der Waals surface area contributed by atoms with Crippen LogP contribution in [0.4, 0.5) is 10.1 Å². The number of benzene rings is 1. The van der Waals surface area contributed by atoms with Crippen LogP contribution in [-0.4, -0.2) is 12.0 Å². The molecule has 2 nitrogen and oxygen atoms in total. The van der Waals surface area contributed by atoms with Gasteiger partial charge in [0.25, 0.3) is 0 Å². The molecule has 0 saturated heterocycles. The molecule has 0 unspecified atom stereocenters. The van der Waals surface area contributed by atoms with Crippen molar-refractivity contribution in [2.75, 3.05) is 12.4 Å². The highest BCUT2D eigenvalue weighted by molar-refractivity contribution is 6.31. The largest absolute Gasteiger partial charge is 0.388 e. The first kappa shape index (κ1) is 12.1. The van der Waals surface area contributed by atoms with Gasteiger partial charge < -0.3 is 5.32 Å². The standard InChI is InChI=1S/C13H14ClFN2/c1-3-4-8-5-12(16-2)9-6-10(14)11(15)7-13(9)17-8/h5-7H,3-4H2,1-2H3,(H,16,17). The molecule has 0 aliphatic carbocycles. The Morgan fingerprint density at radius 1 is 1.35 bits per heavy atom. The summed E-state index contributed by atoms with van der Waals surface area (Å²) in [5, 5.41) is 4.06. The molecule has 0 aliphatic heterocycles. The Balaban J connectivity index is 2.68. The fourth-order valence-electron chi connectivity index (χ4n) is 1.87. The van der Waals surface area contributed by atoms with Crippen LogP contribution in [0.1, 0.15) is 19.0 Å². The third-order valence-corrected chi connectivity index (χ3v) is 2.97. The Morgan fingerprint density at radius 2 is 2.12 bits per heavy atom. The molecular weight excluding hydrogens is 239 g/mol. The number of hydrogen-bond donors (Lipinski definition) is 1. The van der Waals surface area contributed by atoms with Crippen LogP contribution in [-0.2, 0) is 6.42 Å². The molecule has 2 aromatic rings. The molecule has 17 heavy (non-hydrogen) atoms. The predicted octanol–water partition coefficient (Wildman–Crippen LogP) is 4.02. The molecule has 1 heterocycles. The van der Waals surface area contributed by atoms with Crippen LogP contribution in [0.3, 0.4) is 0 Å². The molecule has 1 aromatic carbocycles. The lowest BCUT2D eigenvalue weighted by Crippen LogP contribution is -1.97. The van der Waals surface area contributed by atoms with Crippen molar-refractivity contribution in [2.45, 2.75) is 19.8 Å².